The number of rotatable bonds is 6. The minimum absolute atomic E-state index is 0.233. The van der Waals surface area contributed by atoms with Gasteiger partial charge in [0.1, 0.15) is 5.54 Å². The molecule has 3 heteroatoms. The molecule has 16 heavy (non-hydrogen) atoms. The largest absolute Gasteiger partial charge is 0.302 e. The lowest BCUT2D eigenvalue weighted by Gasteiger charge is -2.26. The van der Waals surface area contributed by atoms with E-state index in [2.05, 4.69) is 11.4 Å². The van der Waals surface area contributed by atoms with E-state index < -0.39 is 0 Å². The maximum atomic E-state index is 9.35. The highest BCUT2D eigenvalue weighted by molar-refractivity contribution is 7.99. The van der Waals surface area contributed by atoms with Crippen LogP contribution in [0.2, 0.25) is 0 Å². The first kappa shape index (κ1) is 12.3. The van der Waals surface area contributed by atoms with Crippen LogP contribution < -0.4 is 5.32 Å². The Bertz CT molecular complexity index is 264. The zero-order valence-corrected chi connectivity index (χ0v) is 11.0. The summed E-state index contributed by atoms with van der Waals surface area (Å²) in [6, 6.07) is 2.52. The zero-order chi connectivity index (χ0) is 11.4. The predicted molar refractivity (Wildman–Crippen MR) is 69.4 cm³/mol. The molecule has 2 rings (SSSR count). The number of hydrogen-bond acceptors (Lipinski definition) is 3. The maximum absolute atomic E-state index is 9.35. The summed E-state index contributed by atoms with van der Waals surface area (Å²) < 4.78 is 0. The van der Waals surface area contributed by atoms with E-state index in [1.807, 2.05) is 18.8 Å². The molecule has 2 aliphatic rings. The van der Waals surface area contributed by atoms with Crippen molar-refractivity contribution in [3.8, 4) is 6.07 Å². The molecule has 0 aliphatic heterocycles. The fraction of sp³-hybridized carbons (Fsp3) is 0.923. The third-order valence-electron chi connectivity index (χ3n) is 4.08. The fourth-order valence-corrected chi connectivity index (χ4v) is 4.26. The van der Waals surface area contributed by atoms with Gasteiger partial charge in [0.15, 0.2) is 0 Å². The molecule has 0 aromatic rings. The SMILES string of the molecule is CNC(C#N)(CSCC1CCCC1)C1CC1. The summed E-state index contributed by atoms with van der Waals surface area (Å²) in [5.41, 5.74) is -0.233. The van der Waals surface area contributed by atoms with Gasteiger partial charge in [0.2, 0.25) is 0 Å². The van der Waals surface area contributed by atoms with E-state index in [0.29, 0.717) is 5.92 Å². The Morgan fingerprint density at radius 1 is 1.31 bits per heavy atom. The summed E-state index contributed by atoms with van der Waals surface area (Å²) in [7, 11) is 1.94. The van der Waals surface area contributed by atoms with Crippen molar-refractivity contribution in [3.63, 3.8) is 0 Å². The van der Waals surface area contributed by atoms with Crippen molar-refractivity contribution >= 4 is 11.8 Å². The van der Waals surface area contributed by atoms with Gasteiger partial charge in [0.25, 0.3) is 0 Å². The molecule has 1 unspecified atom stereocenters. The van der Waals surface area contributed by atoms with Gasteiger partial charge in [-0.3, -0.25) is 0 Å². The number of nitrogens with zero attached hydrogens (tertiary/aromatic N) is 1. The molecule has 0 bridgehead atoms. The van der Waals surface area contributed by atoms with Crippen molar-refractivity contribution in [2.45, 2.75) is 44.1 Å². The normalized spacial score (nSPS) is 25.2. The van der Waals surface area contributed by atoms with E-state index in [-0.39, 0.29) is 5.54 Å². The van der Waals surface area contributed by atoms with Crippen LogP contribution in [0.25, 0.3) is 0 Å². The Hall–Kier alpha value is -0.200. The van der Waals surface area contributed by atoms with Gasteiger partial charge in [-0.2, -0.15) is 17.0 Å². The number of nitrogens with one attached hydrogen (secondary N) is 1. The molecule has 0 spiro atoms. The van der Waals surface area contributed by atoms with Crippen molar-refractivity contribution in [3.05, 3.63) is 0 Å². The summed E-state index contributed by atoms with van der Waals surface area (Å²) in [6.07, 6.45) is 8.13. The number of hydrogen-bond donors (Lipinski definition) is 1. The molecule has 1 N–H and O–H groups in total. The van der Waals surface area contributed by atoms with E-state index in [1.54, 1.807) is 0 Å². The van der Waals surface area contributed by atoms with Crippen molar-refractivity contribution in [2.75, 3.05) is 18.6 Å². The molecular formula is C13H22N2S. The van der Waals surface area contributed by atoms with Gasteiger partial charge < -0.3 is 5.32 Å². The average Bonchev–Trinajstić information content (AvgIpc) is 3.04. The van der Waals surface area contributed by atoms with Gasteiger partial charge in [-0.05, 0) is 50.3 Å². The summed E-state index contributed by atoms with van der Waals surface area (Å²) in [5.74, 6) is 3.77. The fourth-order valence-electron chi connectivity index (χ4n) is 2.71. The van der Waals surface area contributed by atoms with E-state index >= 15 is 0 Å². The molecule has 2 aliphatic carbocycles. The van der Waals surface area contributed by atoms with Gasteiger partial charge in [0, 0.05) is 5.75 Å². The van der Waals surface area contributed by atoms with Gasteiger partial charge in [-0.1, -0.05) is 12.8 Å². The van der Waals surface area contributed by atoms with Crippen molar-refractivity contribution in [2.24, 2.45) is 11.8 Å². The minimum atomic E-state index is -0.233. The highest BCUT2D eigenvalue weighted by Gasteiger charge is 2.44. The quantitative estimate of drug-likeness (QED) is 0.773. The minimum Gasteiger partial charge on any atom is -0.302 e. The van der Waals surface area contributed by atoms with E-state index in [0.717, 1.165) is 11.7 Å². The van der Waals surface area contributed by atoms with Gasteiger partial charge >= 0.3 is 0 Å². The molecule has 90 valence electrons. The van der Waals surface area contributed by atoms with E-state index in [4.69, 9.17) is 0 Å². The Morgan fingerprint density at radius 3 is 2.50 bits per heavy atom. The smallest absolute Gasteiger partial charge is 0.118 e. The molecule has 0 amide bonds. The third-order valence-corrected chi connectivity index (χ3v) is 5.44. The van der Waals surface area contributed by atoms with Crippen LogP contribution in [0, 0.1) is 23.2 Å². The van der Waals surface area contributed by atoms with Crippen LogP contribution in [-0.2, 0) is 0 Å². The van der Waals surface area contributed by atoms with Crippen LogP contribution in [-0.4, -0.2) is 24.1 Å². The second kappa shape index (κ2) is 5.42. The molecule has 2 fully saturated rings. The molecule has 1 atom stereocenters. The summed E-state index contributed by atoms with van der Waals surface area (Å²) in [4.78, 5) is 0. The zero-order valence-electron chi connectivity index (χ0n) is 10.2. The molecule has 0 saturated heterocycles. The Balaban J connectivity index is 1.75. The molecule has 0 aromatic heterocycles. The van der Waals surface area contributed by atoms with Crippen molar-refractivity contribution in [1.29, 1.82) is 5.26 Å². The van der Waals surface area contributed by atoms with Gasteiger partial charge in [-0.15, -0.1) is 0 Å². The van der Waals surface area contributed by atoms with Crippen LogP contribution in [0.4, 0.5) is 0 Å². The molecule has 2 nitrogen and oxygen atoms in total. The van der Waals surface area contributed by atoms with Crippen molar-refractivity contribution in [1.82, 2.24) is 5.32 Å². The number of thioether (sulfide) groups is 1. The van der Waals surface area contributed by atoms with Crippen LogP contribution >= 0.6 is 11.8 Å². The lowest BCUT2D eigenvalue weighted by atomic mass is 9.98. The first-order valence-corrected chi connectivity index (χ1v) is 7.64. The lowest BCUT2D eigenvalue weighted by Crippen LogP contribution is -2.46. The van der Waals surface area contributed by atoms with Gasteiger partial charge in [0.05, 0.1) is 6.07 Å². The van der Waals surface area contributed by atoms with Gasteiger partial charge in [-0.25, -0.2) is 0 Å². The Labute approximate surface area is 103 Å². The summed E-state index contributed by atoms with van der Waals surface area (Å²) in [6.45, 7) is 0. The summed E-state index contributed by atoms with van der Waals surface area (Å²) >= 11 is 1.99. The maximum Gasteiger partial charge on any atom is 0.118 e. The van der Waals surface area contributed by atoms with E-state index in [1.165, 1.54) is 44.3 Å². The molecule has 0 radical (unpaired) electrons. The molecule has 0 heterocycles. The third kappa shape index (κ3) is 2.73. The molecular weight excluding hydrogens is 216 g/mol. The highest BCUT2D eigenvalue weighted by atomic mass is 32.2. The Morgan fingerprint density at radius 2 is 2.00 bits per heavy atom. The Kier molecular flexibility index (Phi) is 4.16. The number of nitriles is 1. The molecule has 0 aromatic carbocycles. The summed E-state index contributed by atoms with van der Waals surface area (Å²) in [5, 5.41) is 12.6. The van der Waals surface area contributed by atoms with Crippen LogP contribution in [0.5, 0.6) is 0 Å². The average molecular weight is 238 g/mol. The molecule has 2 saturated carbocycles. The second-order valence-corrected chi connectivity index (χ2v) is 6.30. The predicted octanol–water partition coefficient (Wildman–Crippen LogP) is 2.80. The van der Waals surface area contributed by atoms with Crippen molar-refractivity contribution < 1.29 is 0 Å². The van der Waals surface area contributed by atoms with E-state index in [9.17, 15) is 5.26 Å². The highest BCUT2D eigenvalue weighted by Crippen LogP contribution is 2.41. The standard InChI is InChI=1S/C13H22N2S/c1-15-13(9-14,12-6-7-12)10-16-8-11-4-2-3-5-11/h11-12,15H,2-8,10H2,1H3. The topological polar surface area (TPSA) is 35.8 Å². The van der Waals surface area contributed by atoms with Crippen LogP contribution in [0.3, 0.4) is 0 Å². The lowest BCUT2D eigenvalue weighted by molar-refractivity contribution is 0.440. The second-order valence-electron chi connectivity index (χ2n) is 5.27. The first-order chi connectivity index (χ1) is 7.80. The first-order valence-electron chi connectivity index (χ1n) is 6.48. The van der Waals surface area contributed by atoms with Crippen LogP contribution in [0.15, 0.2) is 0 Å². The monoisotopic (exact) mass is 238 g/mol. The van der Waals surface area contributed by atoms with Crippen LogP contribution in [0.1, 0.15) is 38.5 Å².